The minimum atomic E-state index is -0.489. The van der Waals surface area contributed by atoms with Gasteiger partial charge in [0, 0.05) is 16.6 Å². The van der Waals surface area contributed by atoms with Crippen LogP contribution < -0.4 is 0 Å². The Morgan fingerprint density at radius 2 is 1.89 bits per heavy atom. The Kier molecular flexibility index (Phi) is 2.35. The largest absolute Gasteiger partial charge is 0.355 e. The Morgan fingerprint density at radius 3 is 2.67 bits per heavy atom. The van der Waals surface area contributed by atoms with Crippen LogP contribution in [0.3, 0.4) is 0 Å². The molecule has 0 atom stereocenters. The highest BCUT2D eigenvalue weighted by molar-refractivity contribution is 5.85. The van der Waals surface area contributed by atoms with Crippen molar-refractivity contribution < 1.29 is 4.39 Å². The first-order chi connectivity index (χ1) is 8.78. The molecule has 86 valence electrons. The number of aromatic amines is 1. The van der Waals surface area contributed by atoms with Gasteiger partial charge in [0.05, 0.1) is 5.56 Å². The van der Waals surface area contributed by atoms with Crippen LogP contribution in [0.2, 0.25) is 0 Å². The summed E-state index contributed by atoms with van der Waals surface area (Å²) in [4.78, 5) is 3.25. The monoisotopic (exact) mass is 236 g/mol. The zero-order valence-electron chi connectivity index (χ0n) is 9.44. The molecule has 1 N–H and O–H groups in total. The van der Waals surface area contributed by atoms with Gasteiger partial charge in [-0.3, -0.25) is 0 Å². The third kappa shape index (κ3) is 1.64. The summed E-state index contributed by atoms with van der Waals surface area (Å²) in [7, 11) is 0. The van der Waals surface area contributed by atoms with Crippen LogP contribution in [0.25, 0.3) is 22.2 Å². The number of H-pyrrole nitrogens is 1. The first kappa shape index (κ1) is 10.5. The maximum absolute atomic E-state index is 13.3. The van der Waals surface area contributed by atoms with E-state index in [0.29, 0.717) is 0 Å². The van der Waals surface area contributed by atoms with Gasteiger partial charge in [-0.2, -0.15) is 5.26 Å². The van der Waals surface area contributed by atoms with Crippen molar-refractivity contribution in [3.63, 3.8) is 0 Å². The number of fused-ring (bicyclic) bond motifs is 1. The highest BCUT2D eigenvalue weighted by Crippen LogP contribution is 2.25. The van der Waals surface area contributed by atoms with E-state index < -0.39 is 5.82 Å². The van der Waals surface area contributed by atoms with E-state index in [1.165, 1.54) is 6.07 Å². The second-order valence-electron chi connectivity index (χ2n) is 4.08. The molecule has 3 rings (SSSR count). The Morgan fingerprint density at radius 1 is 1.06 bits per heavy atom. The maximum atomic E-state index is 13.3. The molecule has 0 amide bonds. The van der Waals surface area contributed by atoms with Crippen molar-refractivity contribution in [2.24, 2.45) is 0 Å². The van der Waals surface area contributed by atoms with Gasteiger partial charge in [0.15, 0.2) is 0 Å². The SMILES string of the molecule is N#Cc1cc(-c2cc3ccccc3[nH]2)ccc1F. The third-order valence-corrected chi connectivity index (χ3v) is 2.93. The van der Waals surface area contributed by atoms with Gasteiger partial charge in [-0.15, -0.1) is 0 Å². The summed E-state index contributed by atoms with van der Waals surface area (Å²) in [5.41, 5.74) is 2.78. The quantitative estimate of drug-likeness (QED) is 0.685. The molecule has 0 aliphatic heterocycles. The van der Waals surface area contributed by atoms with E-state index in [1.54, 1.807) is 12.1 Å². The molecule has 0 saturated heterocycles. The van der Waals surface area contributed by atoms with Gasteiger partial charge in [-0.1, -0.05) is 18.2 Å². The topological polar surface area (TPSA) is 39.6 Å². The molecule has 0 fully saturated rings. The normalized spacial score (nSPS) is 10.4. The third-order valence-electron chi connectivity index (χ3n) is 2.93. The van der Waals surface area contributed by atoms with Crippen LogP contribution >= 0.6 is 0 Å². The van der Waals surface area contributed by atoms with Crippen molar-refractivity contribution in [1.29, 1.82) is 5.26 Å². The number of nitrogens with one attached hydrogen (secondary N) is 1. The predicted octanol–water partition coefficient (Wildman–Crippen LogP) is 3.85. The molecule has 0 radical (unpaired) electrons. The summed E-state index contributed by atoms with van der Waals surface area (Å²) in [6.07, 6.45) is 0. The second-order valence-corrected chi connectivity index (χ2v) is 4.08. The Bertz CT molecular complexity index is 733. The second kappa shape index (κ2) is 4.01. The minimum Gasteiger partial charge on any atom is -0.355 e. The molecule has 0 spiro atoms. The lowest BCUT2D eigenvalue weighted by Gasteiger charge is -1.99. The number of aromatic nitrogens is 1. The average molecular weight is 236 g/mol. The van der Waals surface area contributed by atoms with E-state index in [1.807, 2.05) is 36.4 Å². The van der Waals surface area contributed by atoms with Crippen LogP contribution in [0, 0.1) is 17.1 Å². The van der Waals surface area contributed by atoms with Gasteiger partial charge < -0.3 is 4.98 Å². The molecule has 1 aromatic heterocycles. The van der Waals surface area contributed by atoms with Gasteiger partial charge in [0.25, 0.3) is 0 Å². The molecular formula is C15H9FN2. The molecule has 2 aromatic carbocycles. The summed E-state index contributed by atoms with van der Waals surface area (Å²) >= 11 is 0. The van der Waals surface area contributed by atoms with E-state index in [0.717, 1.165) is 22.2 Å². The summed E-state index contributed by atoms with van der Waals surface area (Å²) in [6.45, 7) is 0. The molecule has 1 heterocycles. The van der Waals surface area contributed by atoms with Crippen molar-refractivity contribution in [2.45, 2.75) is 0 Å². The summed E-state index contributed by atoms with van der Waals surface area (Å²) in [6, 6.07) is 16.3. The Labute approximate surface area is 103 Å². The van der Waals surface area contributed by atoms with Crippen LogP contribution in [-0.4, -0.2) is 4.98 Å². The Hall–Kier alpha value is -2.60. The molecule has 0 unspecified atom stereocenters. The highest BCUT2D eigenvalue weighted by atomic mass is 19.1. The number of halogens is 1. The maximum Gasteiger partial charge on any atom is 0.140 e. The van der Waals surface area contributed by atoms with Crippen molar-refractivity contribution in [3.05, 3.63) is 59.9 Å². The van der Waals surface area contributed by atoms with Crippen molar-refractivity contribution in [2.75, 3.05) is 0 Å². The number of nitrogens with zero attached hydrogens (tertiary/aromatic N) is 1. The number of hydrogen-bond donors (Lipinski definition) is 1. The van der Waals surface area contributed by atoms with Crippen molar-refractivity contribution in [3.8, 4) is 17.3 Å². The zero-order chi connectivity index (χ0) is 12.5. The Balaban J connectivity index is 2.17. The van der Waals surface area contributed by atoms with E-state index in [9.17, 15) is 4.39 Å². The highest BCUT2D eigenvalue weighted by Gasteiger charge is 2.06. The summed E-state index contributed by atoms with van der Waals surface area (Å²) in [5, 5.41) is 9.92. The van der Waals surface area contributed by atoms with Crippen molar-refractivity contribution >= 4 is 10.9 Å². The molecule has 3 aromatic rings. The number of para-hydroxylation sites is 1. The van der Waals surface area contributed by atoms with Gasteiger partial charge in [-0.25, -0.2) is 4.39 Å². The molecule has 18 heavy (non-hydrogen) atoms. The van der Waals surface area contributed by atoms with Crippen LogP contribution in [0.1, 0.15) is 5.56 Å². The fourth-order valence-electron chi connectivity index (χ4n) is 2.01. The summed E-state index contributed by atoms with van der Waals surface area (Å²) in [5.74, 6) is -0.489. The molecule has 0 aliphatic carbocycles. The summed E-state index contributed by atoms with van der Waals surface area (Å²) < 4.78 is 13.3. The first-order valence-electron chi connectivity index (χ1n) is 5.56. The predicted molar refractivity (Wildman–Crippen MR) is 68.4 cm³/mol. The fourth-order valence-corrected chi connectivity index (χ4v) is 2.01. The number of nitriles is 1. The fraction of sp³-hybridized carbons (Fsp3) is 0. The number of hydrogen-bond acceptors (Lipinski definition) is 1. The lowest BCUT2D eigenvalue weighted by atomic mass is 10.1. The van der Waals surface area contributed by atoms with E-state index >= 15 is 0 Å². The standard InChI is InChI=1S/C15H9FN2/c16-13-6-5-11(7-12(13)9-17)15-8-10-3-1-2-4-14(10)18-15/h1-8,18H. The number of rotatable bonds is 1. The molecular weight excluding hydrogens is 227 g/mol. The lowest BCUT2D eigenvalue weighted by Crippen LogP contribution is -1.85. The lowest BCUT2D eigenvalue weighted by molar-refractivity contribution is 0.624. The average Bonchev–Trinajstić information content (AvgIpc) is 2.83. The van der Waals surface area contributed by atoms with Crippen LogP contribution in [0.5, 0.6) is 0 Å². The van der Waals surface area contributed by atoms with Gasteiger partial charge in [0.2, 0.25) is 0 Å². The van der Waals surface area contributed by atoms with Crippen LogP contribution in [0.4, 0.5) is 4.39 Å². The van der Waals surface area contributed by atoms with E-state index in [-0.39, 0.29) is 5.56 Å². The number of benzene rings is 2. The van der Waals surface area contributed by atoms with E-state index in [4.69, 9.17) is 5.26 Å². The van der Waals surface area contributed by atoms with Gasteiger partial charge >= 0.3 is 0 Å². The van der Waals surface area contributed by atoms with Gasteiger partial charge in [0.1, 0.15) is 11.9 Å². The smallest absolute Gasteiger partial charge is 0.140 e. The van der Waals surface area contributed by atoms with Crippen LogP contribution in [0.15, 0.2) is 48.5 Å². The first-order valence-corrected chi connectivity index (χ1v) is 5.56. The van der Waals surface area contributed by atoms with Crippen LogP contribution in [-0.2, 0) is 0 Å². The van der Waals surface area contributed by atoms with E-state index in [2.05, 4.69) is 4.98 Å². The molecule has 0 bridgehead atoms. The van der Waals surface area contributed by atoms with Gasteiger partial charge in [-0.05, 0) is 35.9 Å². The molecule has 3 heteroatoms. The molecule has 0 aliphatic rings. The zero-order valence-corrected chi connectivity index (χ0v) is 9.44. The minimum absolute atomic E-state index is 0.0613. The molecule has 2 nitrogen and oxygen atoms in total. The molecule has 0 saturated carbocycles. The van der Waals surface area contributed by atoms with Crippen molar-refractivity contribution in [1.82, 2.24) is 4.98 Å².